The zero-order chi connectivity index (χ0) is 31.2. The van der Waals surface area contributed by atoms with Crippen molar-refractivity contribution in [3.63, 3.8) is 0 Å². The highest BCUT2D eigenvalue weighted by molar-refractivity contribution is 5.91. The van der Waals surface area contributed by atoms with Gasteiger partial charge in [0.1, 0.15) is 11.5 Å². The fourth-order valence-corrected chi connectivity index (χ4v) is 4.91. The van der Waals surface area contributed by atoms with E-state index in [2.05, 4.69) is 30.6 Å². The number of hydrogen-bond donors (Lipinski definition) is 0. The van der Waals surface area contributed by atoms with E-state index in [1.165, 1.54) is 63.0 Å². The predicted octanol–water partition coefficient (Wildman–Crippen LogP) is 9.71. The van der Waals surface area contributed by atoms with Crippen LogP contribution < -0.4 is 9.47 Å². The summed E-state index contributed by atoms with van der Waals surface area (Å²) in [6.45, 7) is 6.76. The maximum absolute atomic E-state index is 12.7. The van der Waals surface area contributed by atoms with E-state index in [9.17, 15) is 9.59 Å². The molecule has 3 aromatic rings. The van der Waals surface area contributed by atoms with Crippen molar-refractivity contribution in [2.45, 2.75) is 96.8 Å². The smallest absolute Gasteiger partial charge is 0.343 e. The Hall–Kier alpha value is -3.93. The number of aromatic nitrogens is 1. The first-order valence-corrected chi connectivity index (χ1v) is 16.4. The average molecular weight is 600 g/mol. The van der Waals surface area contributed by atoms with Gasteiger partial charge in [0.15, 0.2) is 0 Å². The van der Waals surface area contributed by atoms with Gasteiger partial charge in [0.25, 0.3) is 0 Å². The molecule has 0 atom stereocenters. The molecule has 6 heteroatoms. The van der Waals surface area contributed by atoms with E-state index in [1.54, 1.807) is 24.3 Å². The van der Waals surface area contributed by atoms with Crippen LogP contribution in [0.2, 0.25) is 0 Å². The molecule has 1 heterocycles. The summed E-state index contributed by atoms with van der Waals surface area (Å²) in [4.78, 5) is 28.3. The molecule has 1 aromatic heterocycles. The Morgan fingerprint density at radius 1 is 0.705 bits per heavy atom. The molecular weight excluding hydrogens is 550 g/mol. The molecule has 0 radical (unpaired) electrons. The first-order chi connectivity index (χ1) is 21.6. The molecule has 0 aliphatic carbocycles. The van der Waals surface area contributed by atoms with Crippen LogP contribution in [0.15, 0.2) is 79.5 Å². The number of hydrogen-bond acceptors (Lipinski definition) is 6. The molecule has 0 saturated heterocycles. The van der Waals surface area contributed by atoms with Crippen molar-refractivity contribution in [2.24, 2.45) is 0 Å². The van der Waals surface area contributed by atoms with E-state index >= 15 is 0 Å². The van der Waals surface area contributed by atoms with Gasteiger partial charge in [-0.3, -0.25) is 4.98 Å². The van der Waals surface area contributed by atoms with Crippen LogP contribution in [0.1, 0.15) is 106 Å². The van der Waals surface area contributed by atoms with E-state index < -0.39 is 5.97 Å². The highest BCUT2D eigenvalue weighted by Gasteiger charge is 2.10. The van der Waals surface area contributed by atoms with Crippen molar-refractivity contribution < 1.29 is 23.8 Å². The molecule has 0 N–H and O–H groups in total. The molecule has 3 rings (SSSR count). The number of benzene rings is 2. The van der Waals surface area contributed by atoms with Crippen LogP contribution in [0.4, 0.5) is 0 Å². The highest BCUT2D eigenvalue weighted by Crippen LogP contribution is 2.23. The van der Waals surface area contributed by atoms with Gasteiger partial charge in [0, 0.05) is 17.8 Å². The molecule has 0 spiro atoms. The first kappa shape index (κ1) is 34.6. The lowest BCUT2D eigenvalue weighted by Gasteiger charge is -2.08. The van der Waals surface area contributed by atoms with Gasteiger partial charge in [-0.05, 0) is 85.8 Å². The number of ether oxygens (including phenoxy) is 3. The van der Waals surface area contributed by atoms with Crippen LogP contribution in [-0.2, 0) is 16.0 Å². The summed E-state index contributed by atoms with van der Waals surface area (Å²) >= 11 is 0. The number of carbonyl (C=O) groups excluding carboxylic acids is 2. The fourth-order valence-electron chi connectivity index (χ4n) is 4.91. The first-order valence-electron chi connectivity index (χ1n) is 16.4. The number of nitrogens with zero attached hydrogens (tertiary/aromatic N) is 1. The third-order valence-electron chi connectivity index (χ3n) is 7.56. The zero-order valence-electron chi connectivity index (χ0n) is 26.4. The van der Waals surface area contributed by atoms with Gasteiger partial charge >= 0.3 is 11.9 Å². The number of rotatable bonds is 22. The monoisotopic (exact) mass is 599 g/mol. The minimum atomic E-state index is -0.400. The Bertz CT molecular complexity index is 1240. The van der Waals surface area contributed by atoms with Gasteiger partial charge in [0.2, 0.25) is 0 Å². The van der Waals surface area contributed by atoms with Crippen molar-refractivity contribution in [2.75, 3.05) is 13.2 Å². The maximum Gasteiger partial charge on any atom is 0.343 e. The van der Waals surface area contributed by atoms with Crippen LogP contribution >= 0.6 is 0 Å². The van der Waals surface area contributed by atoms with Crippen molar-refractivity contribution in [3.05, 3.63) is 90.6 Å². The molecule has 2 aromatic carbocycles. The summed E-state index contributed by atoms with van der Waals surface area (Å²) in [5.74, 6) is 0.500. The molecule has 0 aliphatic heterocycles. The number of unbranched alkanes of at least 4 members (excludes halogenated alkanes) is 11. The number of esters is 2. The van der Waals surface area contributed by atoms with Gasteiger partial charge in [0.05, 0.1) is 24.5 Å². The van der Waals surface area contributed by atoms with Crippen LogP contribution in [0.3, 0.4) is 0 Å². The van der Waals surface area contributed by atoms with Crippen molar-refractivity contribution in [3.8, 4) is 22.8 Å². The second-order valence-corrected chi connectivity index (χ2v) is 11.2. The Morgan fingerprint density at radius 3 is 1.95 bits per heavy atom. The van der Waals surface area contributed by atoms with Crippen molar-refractivity contribution >= 4 is 11.9 Å². The summed E-state index contributed by atoms with van der Waals surface area (Å²) < 4.78 is 16.4. The topological polar surface area (TPSA) is 74.7 Å². The highest BCUT2D eigenvalue weighted by atomic mass is 16.5. The molecular formula is C38H49NO5. The second-order valence-electron chi connectivity index (χ2n) is 11.2. The standard InChI is InChI=1S/C38H49NO5/c1-3-5-6-11-14-17-31-18-27-36(39-30-31)32-19-25-35(26-20-32)44-38(41)33-21-23-34(24-22-33)42-28-15-12-9-7-8-10-13-16-29-43-37(40)4-2/h4,18-27,30H,2-3,5-17,28-29H2,1H3. The Balaban J connectivity index is 1.28. The summed E-state index contributed by atoms with van der Waals surface area (Å²) in [6, 6.07) is 18.8. The fraction of sp³-hybridized carbons (Fsp3) is 0.447. The van der Waals surface area contributed by atoms with Gasteiger partial charge in [-0.1, -0.05) is 83.8 Å². The quantitative estimate of drug-likeness (QED) is 0.0495. The number of carbonyl (C=O) groups is 2. The van der Waals surface area contributed by atoms with E-state index in [-0.39, 0.29) is 5.97 Å². The summed E-state index contributed by atoms with van der Waals surface area (Å²) in [5.41, 5.74) is 3.65. The molecule has 44 heavy (non-hydrogen) atoms. The zero-order valence-corrected chi connectivity index (χ0v) is 26.4. The maximum atomic E-state index is 12.7. The third kappa shape index (κ3) is 13.6. The van der Waals surface area contributed by atoms with E-state index in [0.29, 0.717) is 24.5 Å². The Labute approximate surface area is 263 Å². The molecule has 0 fully saturated rings. The van der Waals surface area contributed by atoms with Crippen LogP contribution in [-0.4, -0.2) is 30.1 Å². The largest absolute Gasteiger partial charge is 0.494 e. The molecule has 0 aliphatic rings. The van der Waals surface area contributed by atoms with Crippen LogP contribution in [0.5, 0.6) is 11.5 Å². The SMILES string of the molecule is C=CC(=O)OCCCCCCCCCCOc1ccc(C(=O)Oc2ccc(-c3ccc(CCCCCCC)cn3)cc2)cc1. The van der Waals surface area contributed by atoms with Crippen LogP contribution in [0, 0.1) is 0 Å². The summed E-state index contributed by atoms with van der Waals surface area (Å²) in [6.07, 6.45) is 19.5. The molecule has 236 valence electrons. The molecule has 0 bridgehead atoms. The van der Waals surface area contributed by atoms with Crippen LogP contribution in [0.25, 0.3) is 11.3 Å². The van der Waals surface area contributed by atoms with E-state index in [4.69, 9.17) is 14.2 Å². The number of pyridine rings is 1. The summed E-state index contributed by atoms with van der Waals surface area (Å²) in [5, 5.41) is 0. The predicted molar refractivity (Wildman–Crippen MR) is 177 cm³/mol. The number of aryl methyl sites for hydroxylation is 1. The van der Waals surface area contributed by atoms with Gasteiger partial charge in [-0.2, -0.15) is 0 Å². The van der Waals surface area contributed by atoms with Gasteiger partial charge < -0.3 is 14.2 Å². The second kappa shape index (κ2) is 20.9. The molecule has 0 unspecified atom stereocenters. The summed E-state index contributed by atoms with van der Waals surface area (Å²) in [7, 11) is 0. The normalized spacial score (nSPS) is 10.8. The lowest BCUT2D eigenvalue weighted by molar-refractivity contribution is -0.137. The van der Waals surface area contributed by atoms with Gasteiger partial charge in [-0.15, -0.1) is 0 Å². The molecule has 0 saturated carbocycles. The molecule has 0 amide bonds. The lowest BCUT2D eigenvalue weighted by Crippen LogP contribution is -2.08. The van der Waals surface area contributed by atoms with E-state index in [1.807, 2.05) is 30.5 Å². The minimum absolute atomic E-state index is 0.346. The molecule has 6 nitrogen and oxygen atoms in total. The Morgan fingerprint density at radius 2 is 1.32 bits per heavy atom. The average Bonchev–Trinajstić information content (AvgIpc) is 3.06. The minimum Gasteiger partial charge on any atom is -0.494 e. The van der Waals surface area contributed by atoms with Crippen molar-refractivity contribution in [1.82, 2.24) is 4.98 Å². The lowest BCUT2D eigenvalue weighted by atomic mass is 10.1. The van der Waals surface area contributed by atoms with Crippen molar-refractivity contribution in [1.29, 1.82) is 0 Å². The van der Waals surface area contributed by atoms with Gasteiger partial charge in [-0.25, -0.2) is 9.59 Å². The third-order valence-corrected chi connectivity index (χ3v) is 7.56. The Kier molecular flexibility index (Phi) is 16.4. The van der Waals surface area contributed by atoms with E-state index in [0.717, 1.165) is 55.5 Å².